The molecule has 0 unspecified atom stereocenters. The van der Waals surface area contributed by atoms with Gasteiger partial charge in [-0.2, -0.15) is 0 Å². The zero-order valence-corrected chi connectivity index (χ0v) is 18.9. The molecule has 0 amide bonds. The van der Waals surface area contributed by atoms with Gasteiger partial charge in [-0.15, -0.1) is 24.0 Å². The highest BCUT2D eigenvalue weighted by molar-refractivity contribution is 14.0. The molecule has 0 aliphatic carbocycles. The van der Waals surface area contributed by atoms with Crippen LogP contribution in [0.4, 0.5) is 0 Å². The fourth-order valence-corrected chi connectivity index (χ4v) is 3.32. The lowest BCUT2D eigenvalue weighted by Crippen LogP contribution is -2.48. The van der Waals surface area contributed by atoms with Crippen molar-refractivity contribution in [1.82, 2.24) is 15.5 Å². The predicted octanol–water partition coefficient (Wildman–Crippen LogP) is 3.99. The number of likely N-dealkylation sites (tertiary alicyclic amines) is 1. The molecule has 1 aliphatic rings. The van der Waals surface area contributed by atoms with Crippen molar-refractivity contribution in [1.29, 1.82) is 0 Å². The molecule has 142 valence electrons. The van der Waals surface area contributed by atoms with E-state index in [9.17, 15) is 0 Å². The molecule has 0 atom stereocenters. The molecule has 1 aromatic carbocycles. The van der Waals surface area contributed by atoms with Gasteiger partial charge < -0.3 is 15.1 Å². The maximum atomic E-state index is 5.34. The van der Waals surface area contributed by atoms with Crippen molar-refractivity contribution in [2.45, 2.75) is 32.0 Å². The molecule has 1 aliphatic heterocycles. The van der Waals surface area contributed by atoms with Crippen LogP contribution in [-0.4, -0.2) is 37.0 Å². The number of piperidine rings is 1. The number of hydrogen-bond donors (Lipinski definition) is 2. The minimum atomic E-state index is 0. The average Bonchev–Trinajstić information content (AvgIpc) is 3.15. The monoisotopic (exact) mass is 532 g/mol. The van der Waals surface area contributed by atoms with Gasteiger partial charge in [0.1, 0.15) is 5.76 Å². The van der Waals surface area contributed by atoms with E-state index in [1.807, 2.05) is 12.1 Å². The normalized spacial score (nSPS) is 16.2. The van der Waals surface area contributed by atoms with Gasteiger partial charge in [-0.25, -0.2) is 0 Å². The Hall–Kier alpha value is -1.06. The molecule has 5 nitrogen and oxygen atoms in total. The van der Waals surface area contributed by atoms with Crippen molar-refractivity contribution in [2.75, 3.05) is 20.1 Å². The molecule has 0 radical (unpaired) electrons. The summed E-state index contributed by atoms with van der Waals surface area (Å²) in [6.45, 7) is 3.87. The molecule has 0 saturated carbocycles. The van der Waals surface area contributed by atoms with Gasteiger partial charge in [0.2, 0.25) is 0 Å². The van der Waals surface area contributed by atoms with Crippen LogP contribution in [0.15, 0.2) is 56.5 Å². The Morgan fingerprint density at radius 1 is 1.23 bits per heavy atom. The molecular weight excluding hydrogens is 507 g/mol. The molecule has 1 saturated heterocycles. The van der Waals surface area contributed by atoms with Crippen molar-refractivity contribution in [3.63, 3.8) is 0 Å². The van der Waals surface area contributed by atoms with Gasteiger partial charge in [0.15, 0.2) is 5.96 Å². The van der Waals surface area contributed by atoms with Crippen LogP contribution in [0.3, 0.4) is 0 Å². The van der Waals surface area contributed by atoms with Crippen LogP contribution in [0.25, 0.3) is 0 Å². The number of rotatable bonds is 5. The number of nitrogens with zero attached hydrogens (tertiary/aromatic N) is 2. The SMILES string of the molecule is CN=C(NCc1ccco1)NC1CCN(Cc2ccc(Br)cc2)CC1.I. The van der Waals surface area contributed by atoms with Gasteiger partial charge >= 0.3 is 0 Å². The lowest BCUT2D eigenvalue weighted by atomic mass is 10.0. The van der Waals surface area contributed by atoms with E-state index in [1.165, 1.54) is 5.56 Å². The van der Waals surface area contributed by atoms with Crippen molar-refractivity contribution in [3.8, 4) is 0 Å². The number of aliphatic imine (C=N–C) groups is 1. The average molecular weight is 533 g/mol. The fourth-order valence-electron chi connectivity index (χ4n) is 3.06. The lowest BCUT2D eigenvalue weighted by molar-refractivity contribution is 0.198. The molecule has 0 spiro atoms. The predicted molar refractivity (Wildman–Crippen MR) is 120 cm³/mol. The Morgan fingerprint density at radius 2 is 1.96 bits per heavy atom. The van der Waals surface area contributed by atoms with Crippen molar-refractivity contribution in [3.05, 3.63) is 58.5 Å². The van der Waals surface area contributed by atoms with Crippen LogP contribution >= 0.6 is 39.9 Å². The summed E-state index contributed by atoms with van der Waals surface area (Å²) in [4.78, 5) is 6.83. The Balaban J connectivity index is 0.00000243. The minimum absolute atomic E-state index is 0. The second-order valence-electron chi connectivity index (χ2n) is 6.33. The summed E-state index contributed by atoms with van der Waals surface area (Å²) in [7, 11) is 1.81. The highest BCUT2D eigenvalue weighted by Crippen LogP contribution is 2.16. The number of nitrogens with one attached hydrogen (secondary N) is 2. The molecule has 2 N–H and O–H groups in total. The highest BCUT2D eigenvalue weighted by atomic mass is 127. The smallest absolute Gasteiger partial charge is 0.191 e. The number of benzene rings is 1. The Bertz CT molecular complexity index is 667. The number of guanidine groups is 1. The summed E-state index contributed by atoms with van der Waals surface area (Å²) in [5, 5.41) is 6.83. The summed E-state index contributed by atoms with van der Waals surface area (Å²) in [5.41, 5.74) is 1.37. The zero-order chi connectivity index (χ0) is 17.5. The van der Waals surface area contributed by atoms with Gasteiger partial charge in [0.05, 0.1) is 12.8 Å². The molecule has 0 bridgehead atoms. The molecule has 2 aromatic rings. The topological polar surface area (TPSA) is 52.8 Å². The summed E-state index contributed by atoms with van der Waals surface area (Å²) in [6.07, 6.45) is 3.93. The number of halogens is 2. The van der Waals surface area contributed by atoms with Gasteiger partial charge in [-0.05, 0) is 42.7 Å². The van der Waals surface area contributed by atoms with Crippen LogP contribution in [0.5, 0.6) is 0 Å². The lowest BCUT2D eigenvalue weighted by Gasteiger charge is -2.33. The molecule has 26 heavy (non-hydrogen) atoms. The largest absolute Gasteiger partial charge is 0.467 e. The van der Waals surface area contributed by atoms with Gasteiger partial charge in [0, 0.05) is 37.2 Å². The fraction of sp³-hybridized carbons (Fsp3) is 0.421. The quantitative estimate of drug-likeness (QED) is 0.347. The van der Waals surface area contributed by atoms with Crippen LogP contribution < -0.4 is 10.6 Å². The first-order valence-corrected chi connectivity index (χ1v) is 9.48. The highest BCUT2D eigenvalue weighted by Gasteiger charge is 2.20. The van der Waals surface area contributed by atoms with Crippen molar-refractivity contribution < 1.29 is 4.42 Å². The maximum absolute atomic E-state index is 5.34. The Labute approximate surface area is 180 Å². The number of furan rings is 1. The molecule has 2 heterocycles. The van der Waals surface area contributed by atoms with Crippen LogP contribution in [-0.2, 0) is 13.1 Å². The van der Waals surface area contributed by atoms with E-state index in [4.69, 9.17) is 4.42 Å². The zero-order valence-electron chi connectivity index (χ0n) is 15.0. The van der Waals surface area contributed by atoms with Gasteiger partial charge in [0.25, 0.3) is 0 Å². The van der Waals surface area contributed by atoms with E-state index >= 15 is 0 Å². The maximum Gasteiger partial charge on any atom is 0.191 e. The molecule has 3 rings (SSSR count). The molecule has 1 fully saturated rings. The molecular formula is C19H26BrIN4O. The summed E-state index contributed by atoms with van der Waals surface area (Å²) in [6, 6.07) is 12.9. The van der Waals surface area contributed by atoms with E-state index in [0.717, 1.165) is 48.7 Å². The van der Waals surface area contributed by atoms with Crippen molar-refractivity contribution in [2.24, 2.45) is 4.99 Å². The second kappa shape index (κ2) is 10.9. The van der Waals surface area contributed by atoms with Crippen LogP contribution in [0, 0.1) is 0 Å². The van der Waals surface area contributed by atoms with E-state index in [-0.39, 0.29) is 24.0 Å². The summed E-state index contributed by atoms with van der Waals surface area (Å²) < 4.78 is 6.47. The third-order valence-corrected chi connectivity index (χ3v) is 5.01. The minimum Gasteiger partial charge on any atom is -0.467 e. The van der Waals surface area contributed by atoms with Gasteiger partial charge in [-0.3, -0.25) is 9.89 Å². The van der Waals surface area contributed by atoms with Crippen LogP contribution in [0.2, 0.25) is 0 Å². The van der Waals surface area contributed by atoms with E-state index in [0.29, 0.717) is 12.6 Å². The standard InChI is InChI=1S/C19H25BrN4O.HI/c1-21-19(22-13-18-3-2-12-25-18)23-17-8-10-24(11-9-17)14-15-4-6-16(20)7-5-15;/h2-7,12,17H,8-11,13-14H2,1H3,(H2,21,22,23);1H. The van der Waals surface area contributed by atoms with Gasteiger partial charge in [-0.1, -0.05) is 28.1 Å². The van der Waals surface area contributed by atoms with E-state index in [2.05, 4.69) is 60.7 Å². The van der Waals surface area contributed by atoms with Crippen LogP contribution in [0.1, 0.15) is 24.2 Å². The number of hydrogen-bond acceptors (Lipinski definition) is 3. The Morgan fingerprint density at radius 3 is 2.58 bits per heavy atom. The second-order valence-corrected chi connectivity index (χ2v) is 7.24. The van der Waals surface area contributed by atoms with E-state index < -0.39 is 0 Å². The molecule has 7 heteroatoms. The third-order valence-electron chi connectivity index (χ3n) is 4.48. The summed E-state index contributed by atoms with van der Waals surface area (Å²) >= 11 is 3.49. The van der Waals surface area contributed by atoms with E-state index in [1.54, 1.807) is 13.3 Å². The first kappa shape index (κ1) is 21.2. The first-order valence-electron chi connectivity index (χ1n) is 8.69. The molecule has 1 aromatic heterocycles. The Kier molecular flexibility index (Phi) is 8.94. The summed E-state index contributed by atoms with van der Waals surface area (Å²) in [5.74, 6) is 1.75. The van der Waals surface area contributed by atoms with Crippen molar-refractivity contribution >= 4 is 45.9 Å². The third kappa shape index (κ3) is 6.59. The first-order chi connectivity index (χ1) is 12.2.